The summed E-state index contributed by atoms with van der Waals surface area (Å²) in [7, 11) is 4.18. The van der Waals surface area contributed by atoms with E-state index in [4.69, 9.17) is 28.2 Å². The third kappa shape index (κ3) is 4.47. The van der Waals surface area contributed by atoms with Crippen LogP contribution in [-0.2, 0) is 0 Å². The highest BCUT2D eigenvalue weighted by Crippen LogP contribution is 2.19. The summed E-state index contributed by atoms with van der Waals surface area (Å²) in [6.45, 7) is 2.65. The van der Waals surface area contributed by atoms with E-state index in [0.29, 0.717) is 11.7 Å². The van der Waals surface area contributed by atoms with E-state index in [9.17, 15) is 0 Å². The SMILES string of the molecule is Cc1ccc(NC(=S)NC[C@H](c2ccco2)[NH+](C)C)cc1Cl. The van der Waals surface area contributed by atoms with Gasteiger partial charge in [-0.3, -0.25) is 0 Å². The molecule has 0 aliphatic rings. The quantitative estimate of drug-likeness (QED) is 0.732. The van der Waals surface area contributed by atoms with Crippen molar-refractivity contribution in [3.05, 3.63) is 52.9 Å². The normalized spacial score (nSPS) is 12.2. The Kier molecular flexibility index (Phi) is 5.83. The molecule has 0 saturated heterocycles. The molecule has 4 nitrogen and oxygen atoms in total. The van der Waals surface area contributed by atoms with Gasteiger partial charge >= 0.3 is 0 Å². The molecule has 0 spiro atoms. The fourth-order valence-corrected chi connectivity index (χ4v) is 2.50. The Hall–Kier alpha value is -1.56. The third-order valence-corrected chi connectivity index (χ3v) is 4.13. The highest BCUT2D eigenvalue weighted by atomic mass is 35.5. The highest BCUT2D eigenvalue weighted by Gasteiger charge is 2.20. The van der Waals surface area contributed by atoms with Crippen LogP contribution < -0.4 is 15.5 Å². The maximum atomic E-state index is 6.11. The number of anilines is 1. The maximum Gasteiger partial charge on any atom is 0.171 e. The van der Waals surface area contributed by atoms with Crippen molar-refractivity contribution in [2.24, 2.45) is 0 Å². The van der Waals surface area contributed by atoms with Crippen LogP contribution in [0.4, 0.5) is 5.69 Å². The van der Waals surface area contributed by atoms with Crippen LogP contribution in [0.25, 0.3) is 0 Å². The Morgan fingerprint density at radius 2 is 2.14 bits per heavy atom. The number of furan rings is 1. The number of hydrogen-bond donors (Lipinski definition) is 3. The topological polar surface area (TPSA) is 41.6 Å². The lowest BCUT2D eigenvalue weighted by Crippen LogP contribution is -3.07. The van der Waals surface area contributed by atoms with Gasteiger partial charge in [-0.1, -0.05) is 17.7 Å². The number of aryl methyl sites for hydroxylation is 1. The Morgan fingerprint density at radius 1 is 1.36 bits per heavy atom. The minimum atomic E-state index is 0.191. The summed E-state index contributed by atoms with van der Waals surface area (Å²) >= 11 is 11.5. The first-order chi connectivity index (χ1) is 10.5. The molecular weight excluding hydrogens is 318 g/mol. The molecule has 0 radical (unpaired) electrons. The number of hydrogen-bond acceptors (Lipinski definition) is 2. The molecule has 22 heavy (non-hydrogen) atoms. The summed E-state index contributed by atoms with van der Waals surface area (Å²) in [5.41, 5.74) is 1.92. The number of rotatable bonds is 5. The molecule has 1 aromatic heterocycles. The maximum absolute atomic E-state index is 6.11. The molecule has 118 valence electrons. The predicted octanol–water partition coefficient (Wildman–Crippen LogP) is 2.41. The molecule has 2 rings (SSSR count). The van der Waals surface area contributed by atoms with Crippen LogP contribution in [-0.4, -0.2) is 25.8 Å². The number of nitrogens with one attached hydrogen (secondary N) is 3. The van der Waals surface area contributed by atoms with E-state index in [1.807, 2.05) is 37.3 Å². The molecule has 0 fully saturated rings. The zero-order valence-corrected chi connectivity index (χ0v) is 14.5. The molecule has 1 heterocycles. The van der Waals surface area contributed by atoms with E-state index in [2.05, 4.69) is 24.7 Å². The third-order valence-electron chi connectivity index (χ3n) is 3.48. The fourth-order valence-electron chi connectivity index (χ4n) is 2.12. The van der Waals surface area contributed by atoms with Crippen LogP contribution in [0.15, 0.2) is 41.0 Å². The number of benzene rings is 1. The minimum Gasteiger partial charge on any atom is -0.463 e. The van der Waals surface area contributed by atoms with Crippen molar-refractivity contribution in [1.82, 2.24) is 5.32 Å². The number of halogens is 1. The molecule has 6 heteroatoms. The average Bonchev–Trinajstić information content (AvgIpc) is 2.97. The Bertz CT molecular complexity index is 628. The second-order valence-electron chi connectivity index (χ2n) is 5.44. The lowest BCUT2D eigenvalue weighted by Gasteiger charge is -2.21. The highest BCUT2D eigenvalue weighted by molar-refractivity contribution is 7.80. The summed E-state index contributed by atoms with van der Waals surface area (Å²) in [6.07, 6.45) is 1.69. The number of thiocarbonyl (C=S) groups is 1. The van der Waals surface area contributed by atoms with Crippen molar-refractivity contribution < 1.29 is 9.32 Å². The molecule has 0 amide bonds. The first-order valence-electron chi connectivity index (χ1n) is 7.12. The lowest BCUT2D eigenvalue weighted by molar-refractivity contribution is -0.891. The van der Waals surface area contributed by atoms with Gasteiger partial charge in [0.05, 0.1) is 26.9 Å². The zero-order valence-electron chi connectivity index (χ0n) is 12.9. The van der Waals surface area contributed by atoms with Crippen LogP contribution in [0.3, 0.4) is 0 Å². The van der Waals surface area contributed by atoms with Gasteiger partial charge < -0.3 is 20.0 Å². The fraction of sp³-hybridized carbons (Fsp3) is 0.312. The van der Waals surface area contributed by atoms with Crippen molar-refractivity contribution in [1.29, 1.82) is 0 Å². The van der Waals surface area contributed by atoms with Crippen molar-refractivity contribution in [2.45, 2.75) is 13.0 Å². The molecule has 2 aromatic rings. The van der Waals surface area contributed by atoms with Gasteiger partial charge in [-0.15, -0.1) is 0 Å². The van der Waals surface area contributed by atoms with Gasteiger partial charge in [-0.05, 0) is 49.0 Å². The van der Waals surface area contributed by atoms with E-state index in [1.54, 1.807) is 6.26 Å². The van der Waals surface area contributed by atoms with Crippen LogP contribution in [0.1, 0.15) is 17.4 Å². The van der Waals surface area contributed by atoms with Gasteiger partial charge in [0.2, 0.25) is 0 Å². The smallest absolute Gasteiger partial charge is 0.171 e. The standard InChI is InChI=1S/C16H20ClN3OS/c1-11-6-7-12(9-13(11)17)19-16(22)18-10-14(20(2)3)15-5-4-8-21-15/h4-9,14H,10H2,1-3H3,(H2,18,19,22)/p+1/t14-/m1/s1. The first kappa shape index (κ1) is 16.8. The molecule has 1 aromatic carbocycles. The van der Waals surface area contributed by atoms with Crippen LogP contribution in [0, 0.1) is 6.92 Å². The summed E-state index contributed by atoms with van der Waals surface area (Å²) < 4.78 is 5.49. The van der Waals surface area contributed by atoms with Gasteiger partial charge in [-0.25, -0.2) is 0 Å². The molecule has 0 unspecified atom stereocenters. The van der Waals surface area contributed by atoms with Crippen molar-refractivity contribution in [2.75, 3.05) is 26.0 Å². The largest absolute Gasteiger partial charge is 0.463 e. The van der Waals surface area contributed by atoms with Gasteiger partial charge in [-0.2, -0.15) is 0 Å². The van der Waals surface area contributed by atoms with E-state index in [0.717, 1.165) is 22.0 Å². The summed E-state index contributed by atoms with van der Waals surface area (Å²) in [4.78, 5) is 1.27. The first-order valence-corrected chi connectivity index (χ1v) is 7.90. The molecule has 0 aliphatic carbocycles. The lowest BCUT2D eigenvalue weighted by atomic mass is 10.2. The number of quaternary nitrogens is 1. The Labute approximate surface area is 141 Å². The summed E-state index contributed by atoms with van der Waals surface area (Å²) in [6, 6.07) is 9.85. The molecule has 1 atom stereocenters. The predicted molar refractivity (Wildman–Crippen MR) is 94.7 cm³/mol. The molecule has 0 aliphatic heterocycles. The van der Waals surface area contributed by atoms with Gasteiger partial charge in [0.25, 0.3) is 0 Å². The summed E-state index contributed by atoms with van der Waals surface area (Å²) in [5.74, 6) is 0.939. The van der Waals surface area contributed by atoms with Gasteiger partial charge in [0.1, 0.15) is 0 Å². The second kappa shape index (κ2) is 7.63. The van der Waals surface area contributed by atoms with Gasteiger partial charge in [0, 0.05) is 10.7 Å². The molecule has 0 bridgehead atoms. The molecule has 0 saturated carbocycles. The van der Waals surface area contributed by atoms with E-state index in [1.165, 1.54) is 4.90 Å². The van der Waals surface area contributed by atoms with Crippen molar-refractivity contribution in [3.8, 4) is 0 Å². The monoisotopic (exact) mass is 338 g/mol. The molecular formula is C16H21ClN3OS+. The number of likely N-dealkylation sites (N-methyl/N-ethyl adjacent to an activating group) is 1. The van der Waals surface area contributed by atoms with E-state index >= 15 is 0 Å². The van der Waals surface area contributed by atoms with Crippen LogP contribution in [0.2, 0.25) is 5.02 Å². The van der Waals surface area contributed by atoms with E-state index in [-0.39, 0.29) is 6.04 Å². The average molecular weight is 339 g/mol. The second-order valence-corrected chi connectivity index (χ2v) is 6.26. The Balaban J connectivity index is 1.92. The minimum absolute atomic E-state index is 0.191. The van der Waals surface area contributed by atoms with Crippen molar-refractivity contribution >= 4 is 34.6 Å². The van der Waals surface area contributed by atoms with Crippen LogP contribution >= 0.6 is 23.8 Å². The van der Waals surface area contributed by atoms with E-state index < -0.39 is 0 Å². The van der Waals surface area contributed by atoms with Gasteiger partial charge in [0.15, 0.2) is 16.9 Å². The van der Waals surface area contributed by atoms with Crippen molar-refractivity contribution in [3.63, 3.8) is 0 Å². The summed E-state index contributed by atoms with van der Waals surface area (Å²) in [5, 5.41) is 7.67. The Morgan fingerprint density at radius 3 is 2.73 bits per heavy atom. The zero-order chi connectivity index (χ0) is 16.1. The van der Waals surface area contributed by atoms with Crippen LogP contribution in [0.5, 0.6) is 0 Å². The molecule has 3 N–H and O–H groups in total.